The van der Waals surface area contributed by atoms with Crippen LogP contribution in [0.1, 0.15) is 29.5 Å². The van der Waals surface area contributed by atoms with Crippen LogP contribution in [0.2, 0.25) is 10.0 Å². The minimum Gasteiger partial charge on any atom is -0.495 e. The zero-order valence-corrected chi connectivity index (χ0v) is 20.5. The van der Waals surface area contributed by atoms with E-state index < -0.39 is 23.3 Å². The van der Waals surface area contributed by atoms with Crippen molar-refractivity contribution in [2.45, 2.75) is 38.3 Å². The Kier molecular flexibility index (Phi) is 4.63. The molecule has 4 heterocycles. The van der Waals surface area contributed by atoms with Crippen molar-refractivity contribution in [3.05, 3.63) is 51.0 Å². The largest absolute Gasteiger partial charge is 0.495 e. The van der Waals surface area contributed by atoms with Crippen molar-refractivity contribution in [1.82, 2.24) is 4.90 Å². The lowest BCUT2D eigenvalue weighted by atomic mass is 9.75. The highest BCUT2D eigenvalue weighted by atomic mass is 35.5. The lowest BCUT2D eigenvalue weighted by molar-refractivity contribution is -0.135. The smallest absolute Gasteiger partial charge is 0.250 e. The number of aryl methyl sites for hydroxylation is 2. The molecule has 0 unspecified atom stereocenters. The number of benzene rings is 2. The number of methoxy groups -OCH3 is 1. The van der Waals surface area contributed by atoms with Gasteiger partial charge in [0.2, 0.25) is 11.8 Å². The van der Waals surface area contributed by atoms with E-state index >= 15 is 0 Å². The van der Waals surface area contributed by atoms with Crippen LogP contribution in [0.25, 0.3) is 0 Å². The molecule has 4 atom stereocenters. The van der Waals surface area contributed by atoms with E-state index in [1.54, 1.807) is 18.2 Å². The number of halogens is 2. The molecule has 0 radical (unpaired) electrons. The number of fused-ring (bicyclic) bond motifs is 7. The first-order valence-electron chi connectivity index (χ1n) is 11.3. The summed E-state index contributed by atoms with van der Waals surface area (Å²) < 4.78 is 5.49. The molecule has 2 aromatic rings. The molecule has 34 heavy (non-hydrogen) atoms. The maximum Gasteiger partial charge on any atom is 0.250 e. The highest BCUT2D eigenvalue weighted by Crippen LogP contribution is 2.62. The van der Waals surface area contributed by atoms with Crippen LogP contribution in [-0.2, 0) is 19.9 Å². The van der Waals surface area contributed by atoms with Gasteiger partial charge in [0.25, 0.3) is 5.91 Å². The number of hydrogen-bond donors (Lipinski definition) is 1. The summed E-state index contributed by atoms with van der Waals surface area (Å²) in [5.74, 6) is -2.15. The number of nitrogens with one attached hydrogen (secondary N) is 1. The zero-order chi connectivity index (χ0) is 24.1. The van der Waals surface area contributed by atoms with E-state index in [0.717, 1.165) is 24.0 Å². The first-order chi connectivity index (χ1) is 16.2. The Balaban J connectivity index is 1.58. The molecule has 1 spiro atoms. The fourth-order valence-corrected chi connectivity index (χ4v) is 7.09. The van der Waals surface area contributed by atoms with Gasteiger partial charge in [0.05, 0.1) is 35.3 Å². The molecule has 176 valence electrons. The number of imide groups is 1. The maximum absolute atomic E-state index is 14.2. The van der Waals surface area contributed by atoms with Gasteiger partial charge in [-0.2, -0.15) is 0 Å². The molecule has 0 aliphatic carbocycles. The quantitative estimate of drug-likeness (QED) is 0.630. The Morgan fingerprint density at radius 2 is 1.82 bits per heavy atom. The van der Waals surface area contributed by atoms with Crippen molar-refractivity contribution in [2.24, 2.45) is 11.8 Å². The minimum atomic E-state index is -1.27. The van der Waals surface area contributed by atoms with Gasteiger partial charge >= 0.3 is 0 Å². The van der Waals surface area contributed by atoms with Gasteiger partial charge in [0.15, 0.2) is 0 Å². The number of rotatable bonds is 2. The number of carbonyl (C=O) groups excluding carboxylic acids is 3. The van der Waals surface area contributed by atoms with E-state index in [-0.39, 0.29) is 17.9 Å². The Morgan fingerprint density at radius 1 is 1.06 bits per heavy atom. The molecule has 3 saturated heterocycles. The number of nitrogens with zero attached hydrogens (tertiary/aromatic N) is 2. The van der Waals surface area contributed by atoms with E-state index in [9.17, 15) is 14.4 Å². The molecule has 3 fully saturated rings. The van der Waals surface area contributed by atoms with Gasteiger partial charge in [0.1, 0.15) is 11.3 Å². The number of carbonyl (C=O) groups is 3. The highest BCUT2D eigenvalue weighted by molar-refractivity contribution is 6.35. The van der Waals surface area contributed by atoms with E-state index in [1.165, 1.54) is 12.0 Å². The average Bonchev–Trinajstić information content (AvgIpc) is 3.49. The summed E-state index contributed by atoms with van der Waals surface area (Å²) in [6, 6.07) is 6.81. The maximum atomic E-state index is 14.2. The lowest BCUT2D eigenvalue weighted by Crippen LogP contribution is -2.54. The lowest BCUT2D eigenvalue weighted by Gasteiger charge is -2.37. The number of hydrogen-bond acceptors (Lipinski definition) is 5. The van der Waals surface area contributed by atoms with Crippen LogP contribution >= 0.6 is 23.2 Å². The molecule has 9 heteroatoms. The van der Waals surface area contributed by atoms with Crippen molar-refractivity contribution >= 4 is 52.3 Å². The summed E-state index contributed by atoms with van der Waals surface area (Å²) in [5.41, 5.74) is 1.91. The molecule has 0 bridgehead atoms. The Morgan fingerprint density at radius 3 is 2.56 bits per heavy atom. The molecule has 1 N–H and O–H groups in total. The summed E-state index contributed by atoms with van der Waals surface area (Å²) in [6.45, 7) is 4.36. The van der Waals surface area contributed by atoms with Gasteiger partial charge in [-0.15, -0.1) is 0 Å². The van der Waals surface area contributed by atoms with Crippen LogP contribution in [-0.4, -0.2) is 42.3 Å². The Labute approximate surface area is 206 Å². The normalized spacial score (nSPS) is 29.6. The molecular weight excluding hydrogens is 477 g/mol. The second-order valence-electron chi connectivity index (χ2n) is 9.58. The van der Waals surface area contributed by atoms with Gasteiger partial charge in [-0.1, -0.05) is 29.3 Å². The molecule has 4 aliphatic heterocycles. The van der Waals surface area contributed by atoms with Crippen LogP contribution in [0.15, 0.2) is 24.3 Å². The standard InChI is InChI=1S/C25H23Cl2N3O4/c1-11-7-13-21(15(27)8-11)28-24(33)25(13)20-19(16-5-4-6-29(16)25)22(31)30(23(20)32)17-9-12(2)14(26)10-18(17)34-3/h7-10,16,19-20H,4-6H2,1-3H3,(H,28,33)/t16-,19+,20-,25+/m0/s1. The Hall–Kier alpha value is -2.61. The molecule has 2 aromatic carbocycles. The number of anilines is 2. The second kappa shape index (κ2) is 7.20. The fourth-order valence-electron chi connectivity index (χ4n) is 6.62. The summed E-state index contributed by atoms with van der Waals surface area (Å²) in [5, 5.41) is 3.86. The predicted molar refractivity (Wildman–Crippen MR) is 128 cm³/mol. The van der Waals surface area contributed by atoms with Gasteiger partial charge in [-0.3, -0.25) is 19.3 Å². The van der Waals surface area contributed by atoms with Crippen molar-refractivity contribution in [3.8, 4) is 5.75 Å². The number of amides is 3. The molecule has 4 aliphatic rings. The molecular formula is C25H23Cl2N3O4. The molecule has 7 nitrogen and oxygen atoms in total. The third-order valence-corrected chi connectivity index (χ3v) is 8.60. The van der Waals surface area contributed by atoms with E-state index in [1.807, 2.05) is 19.9 Å². The zero-order valence-electron chi connectivity index (χ0n) is 18.9. The van der Waals surface area contributed by atoms with E-state index in [2.05, 4.69) is 10.2 Å². The first kappa shape index (κ1) is 21.9. The third kappa shape index (κ3) is 2.50. The summed E-state index contributed by atoms with van der Waals surface area (Å²) >= 11 is 12.8. The predicted octanol–water partition coefficient (Wildman–Crippen LogP) is 4.05. The van der Waals surface area contributed by atoms with Crippen molar-refractivity contribution < 1.29 is 19.1 Å². The molecule has 0 aromatic heterocycles. The molecule has 6 rings (SSSR count). The monoisotopic (exact) mass is 499 g/mol. The van der Waals surface area contributed by atoms with Crippen LogP contribution < -0.4 is 15.0 Å². The summed E-state index contributed by atoms with van der Waals surface area (Å²) in [6.07, 6.45) is 1.59. The second-order valence-corrected chi connectivity index (χ2v) is 10.4. The van der Waals surface area contributed by atoms with Gasteiger partial charge in [-0.25, -0.2) is 4.90 Å². The number of ether oxygens (including phenoxy) is 1. The van der Waals surface area contributed by atoms with Gasteiger partial charge in [-0.05, 0) is 56.5 Å². The highest BCUT2D eigenvalue weighted by Gasteiger charge is 2.75. The van der Waals surface area contributed by atoms with E-state index in [4.69, 9.17) is 27.9 Å². The van der Waals surface area contributed by atoms with Gasteiger partial charge < -0.3 is 10.1 Å². The average molecular weight is 500 g/mol. The van der Waals surface area contributed by atoms with E-state index in [0.29, 0.717) is 39.3 Å². The minimum absolute atomic E-state index is 0.207. The summed E-state index contributed by atoms with van der Waals surface area (Å²) in [7, 11) is 1.47. The molecule has 3 amide bonds. The van der Waals surface area contributed by atoms with Crippen LogP contribution in [0, 0.1) is 25.7 Å². The SMILES string of the molecule is COc1cc(Cl)c(C)cc1N1C(=O)[C@H]2[C@@H](C1=O)[C@]1(C(=O)Nc3c(Cl)cc(C)cc31)N1CCC[C@@H]21. The fraction of sp³-hybridized carbons (Fsp3) is 0.400. The first-order valence-corrected chi connectivity index (χ1v) is 12.1. The van der Waals surface area contributed by atoms with Crippen LogP contribution in [0.3, 0.4) is 0 Å². The molecule has 0 saturated carbocycles. The van der Waals surface area contributed by atoms with Crippen molar-refractivity contribution in [1.29, 1.82) is 0 Å². The third-order valence-electron chi connectivity index (χ3n) is 7.90. The summed E-state index contributed by atoms with van der Waals surface area (Å²) in [4.78, 5) is 45.2. The van der Waals surface area contributed by atoms with Crippen molar-refractivity contribution in [3.63, 3.8) is 0 Å². The topological polar surface area (TPSA) is 78.9 Å². The van der Waals surface area contributed by atoms with Gasteiger partial charge in [0, 0.05) is 22.7 Å². The van der Waals surface area contributed by atoms with Crippen LogP contribution in [0.4, 0.5) is 11.4 Å². The van der Waals surface area contributed by atoms with Crippen molar-refractivity contribution in [2.75, 3.05) is 23.9 Å². The Bertz CT molecular complexity index is 1310. The van der Waals surface area contributed by atoms with Crippen LogP contribution in [0.5, 0.6) is 5.75 Å².